The Labute approximate surface area is 73.4 Å². The molecule has 0 saturated carbocycles. The molecule has 0 saturated heterocycles. The Morgan fingerprint density at radius 2 is 2.00 bits per heavy atom. The largest absolute Gasteiger partial charge is 0.391 e. The van der Waals surface area contributed by atoms with Crippen molar-refractivity contribution in [2.75, 3.05) is 7.05 Å². The van der Waals surface area contributed by atoms with Gasteiger partial charge in [0.1, 0.15) is 0 Å². The highest BCUT2D eigenvalue weighted by molar-refractivity contribution is 5.41. The van der Waals surface area contributed by atoms with E-state index in [2.05, 4.69) is 49.5 Å². The molecule has 0 aliphatic heterocycles. The summed E-state index contributed by atoms with van der Waals surface area (Å²) >= 11 is 0. The maximum Gasteiger partial charge on any atom is 0.0152 e. The molecule has 1 nitrogen and oxygen atoms in total. The van der Waals surface area contributed by atoms with Crippen LogP contribution < -0.4 is 15.8 Å². The number of nitrogens with one attached hydrogen (secondary N) is 1. The second-order valence-corrected chi connectivity index (χ2v) is 2.75. The summed E-state index contributed by atoms with van der Waals surface area (Å²) < 4.78 is 0. The van der Waals surface area contributed by atoms with Crippen LogP contribution in [-0.4, -0.2) is 7.05 Å². The van der Waals surface area contributed by atoms with E-state index in [0.717, 1.165) is 0 Å². The normalized spacial score (nSPS) is 14.4. The van der Waals surface area contributed by atoms with E-state index in [4.69, 9.17) is 0 Å². The van der Waals surface area contributed by atoms with Gasteiger partial charge in [-0.2, -0.15) is 0 Å². The molecular formula is C11H15N. The third kappa shape index (κ3) is 1.67. The van der Waals surface area contributed by atoms with Crippen LogP contribution in [0, 0.1) is 0 Å². The van der Waals surface area contributed by atoms with E-state index < -0.39 is 0 Å². The predicted octanol–water partition coefficient (Wildman–Crippen LogP) is 0.835. The second kappa shape index (κ2) is 3.96. The first-order valence-electron chi connectivity index (χ1n) is 4.19. The molecule has 0 aliphatic rings. The molecule has 0 heterocycles. The molecule has 1 rings (SSSR count). The van der Waals surface area contributed by atoms with E-state index in [1.54, 1.807) is 0 Å². The zero-order valence-corrected chi connectivity index (χ0v) is 7.89. The summed E-state index contributed by atoms with van der Waals surface area (Å²) in [6, 6.07) is 8.36. The number of hydrogen-bond acceptors (Lipinski definition) is 1. The summed E-state index contributed by atoms with van der Waals surface area (Å²) in [6.45, 7) is 4.14. The van der Waals surface area contributed by atoms with E-state index >= 15 is 0 Å². The van der Waals surface area contributed by atoms with Crippen molar-refractivity contribution in [3.05, 3.63) is 34.7 Å². The van der Waals surface area contributed by atoms with Crippen molar-refractivity contribution in [2.45, 2.75) is 13.8 Å². The maximum absolute atomic E-state index is 3.15. The first-order chi connectivity index (χ1) is 5.79. The van der Waals surface area contributed by atoms with Crippen molar-refractivity contribution in [3.63, 3.8) is 0 Å². The van der Waals surface area contributed by atoms with Crippen LogP contribution in [0.3, 0.4) is 0 Å². The Balaban J connectivity index is 3.54. The van der Waals surface area contributed by atoms with Crippen molar-refractivity contribution in [2.24, 2.45) is 0 Å². The van der Waals surface area contributed by atoms with Crippen LogP contribution >= 0.6 is 0 Å². The van der Waals surface area contributed by atoms with Crippen molar-refractivity contribution >= 4 is 11.8 Å². The van der Waals surface area contributed by atoms with Gasteiger partial charge in [0, 0.05) is 12.7 Å². The first-order valence-corrected chi connectivity index (χ1v) is 4.19. The quantitative estimate of drug-likeness (QED) is 0.643. The van der Waals surface area contributed by atoms with Gasteiger partial charge in [-0.05, 0) is 24.3 Å². The fraction of sp³-hybridized carbons (Fsp3) is 0.273. The zero-order chi connectivity index (χ0) is 8.97. The van der Waals surface area contributed by atoms with Crippen molar-refractivity contribution in [1.29, 1.82) is 0 Å². The van der Waals surface area contributed by atoms with Crippen molar-refractivity contribution < 1.29 is 0 Å². The Kier molecular flexibility index (Phi) is 2.92. The standard InChI is InChI=1S/C11H15N/c1-4-10-7-5-6-8-11(10)9(2)12-3/h4-8,12H,1-3H3/b10-4-,11-9+. The molecule has 0 bridgehead atoms. The SMILES string of the molecule is C/C=c1/cccc/c1=C(/C)NC. The Bertz CT molecular complexity index is 363. The average Bonchev–Trinajstić information content (AvgIpc) is 2.16. The number of rotatable bonds is 1. The maximum atomic E-state index is 3.15. The predicted molar refractivity (Wildman–Crippen MR) is 54.0 cm³/mol. The van der Waals surface area contributed by atoms with Gasteiger partial charge in [-0.25, -0.2) is 0 Å². The van der Waals surface area contributed by atoms with Crippen molar-refractivity contribution in [1.82, 2.24) is 5.32 Å². The molecule has 1 heteroatoms. The summed E-state index contributed by atoms with van der Waals surface area (Å²) in [5.41, 5.74) is 1.21. The Hall–Kier alpha value is -1.24. The van der Waals surface area contributed by atoms with Crippen LogP contribution in [0.15, 0.2) is 24.3 Å². The average molecular weight is 161 g/mol. The fourth-order valence-corrected chi connectivity index (χ4v) is 1.22. The zero-order valence-electron chi connectivity index (χ0n) is 7.89. The van der Waals surface area contributed by atoms with Gasteiger partial charge in [0.15, 0.2) is 0 Å². The van der Waals surface area contributed by atoms with E-state index in [-0.39, 0.29) is 0 Å². The Morgan fingerprint density at radius 1 is 1.33 bits per heavy atom. The minimum absolute atomic E-state index is 1.21. The lowest BCUT2D eigenvalue weighted by Crippen LogP contribution is -2.29. The van der Waals surface area contributed by atoms with Crippen LogP contribution in [0.25, 0.3) is 11.8 Å². The second-order valence-electron chi connectivity index (χ2n) is 2.75. The van der Waals surface area contributed by atoms with Crippen LogP contribution in [0.2, 0.25) is 0 Å². The first kappa shape index (κ1) is 8.85. The fourth-order valence-electron chi connectivity index (χ4n) is 1.22. The molecule has 0 atom stereocenters. The van der Waals surface area contributed by atoms with Crippen LogP contribution in [0.5, 0.6) is 0 Å². The van der Waals surface area contributed by atoms with E-state index in [9.17, 15) is 0 Å². The van der Waals surface area contributed by atoms with Crippen molar-refractivity contribution in [3.8, 4) is 0 Å². The monoisotopic (exact) mass is 161 g/mol. The number of hydrogen-bond donors (Lipinski definition) is 1. The molecular weight excluding hydrogens is 146 g/mol. The molecule has 0 unspecified atom stereocenters. The van der Waals surface area contributed by atoms with Gasteiger partial charge in [0.2, 0.25) is 0 Å². The summed E-state index contributed by atoms with van der Waals surface area (Å²) in [6.07, 6.45) is 2.12. The molecule has 64 valence electrons. The molecule has 0 amide bonds. The van der Waals surface area contributed by atoms with Gasteiger partial charge in [-0.1, -0.05) is 30.3 Å². The lowest BCUT2D eigenvalue weighted by molar-refractivity contribution is 1.09. The van der Waals surface area contributed by atoms with Gasteiger partial charge in [-0.15, -0.1) is 0 Å². The molecule has 1 aromatic carbocycles. The highest BCUT2D eigenvalue weighted by Gasteiger charge is 1.86. The molecule has 0 spiro atoms. The van der Waals surface area contributed by atoms with Gasteiger partial charge in [-0.3, -0.25) is 0 Å². The molecule has 0 fully saturated rings. The molecule has 0 radical (unpaired) electrons. The summed E-state index contributed by atoms with van der Waals surface area (Å²) in [5.74, 6) is 0. The van der Waals surface area contributed by atoms with Gasteiger partial charge in [0.25, 0.3) is 0 Å². The topological polar surface area (TPSA) is 12.0 Å². The molecule has 1 aromatic rings. The van der Waals surface area contributed by atoms with E-state index in [0.29, 0.717) is 0 Å². The summed E-state index contributed by atoms with van der Waals surface area (Å²) in [5, 5.41) is 5.71. The summed E-state index contributed by atoms with van der Waals surface area (Å²) in [4.78, 5) is 0. The van der Waals surface area contributed by atoms with E-state index in [1.165, 1.54) is 16.1 Å². The molecule has 0 aromatic heterocycles. The minimum Gasteiger partial charge on any atom is -0.391 e. The van der Waals surface area contributed by atoms with Crippen LogP contribution in [0.4, 0.5) is 0 Å². The third-order valence-electron chi connectivity index (χ3n) is 2.05. The smallest absolute Gasteiger partial charge is 0.0152 e. The molecule has 12 heavy (non-hydrogen) atoms. The van der Waals surface area contributed by atoms with Gasteiger partial charge < -0.3 is 5.32 Å². The highest BCUT2D eigenvalue weighted by atomic mass is 14.8. The lowest BCUT2D eigenvalue weighted by atomic mass is 10.2. The Morgan fingerprint density at radius 3 is 2.58 bits per heavy atom. The van der Waals surface area contributed by atoms with Gasteiger partial charge >= 0.3 is 0 Å². The molecule has 0 aliphatic carbocycles. The van der Waals surface area contributed by atoms with E-state index in [1.807, 2.05) is 7.05 Å². The molecule has 1 N–H and O–H groups in total. The number of benzene rings is 1. The van der Waals surface area contributed by atoms with Crippen LogP contribution in [-0.2, 0) is 0 Å². The lowest BCUT2D eigenvalue weighted by Gasteiger charge is -1.98. The summed E-state index contributed by atoms with van der Waals surface area (Å²) in [7, 11) is 1.95. The highest BCUT2D eigenvalue weighted by Crippen LogP contribution is 1.79. The van der Waals surface area contributed by atoms with Crippen LogP contribution in [0.1, 0.15) is 13.8 Å². The minimum atomic E-state index is 1.21. The van der Waals surface area contributed by atoms with Gasteiger partial charge in [0.05, 0.1) is 0 Å². The third-order valence-corrected chi connectivity index (χ3v) is 2.05.